The van der Waals surface area contributed by atoms with Crippen LogP contribution in [0.15, 0.2) is 54.6 Å². The third kappa shape index (κ3) is 4.36. The number of nitrogens with one attached hydrogen (secondary N) is 1. The molecule has 2 atom stereocenters. The van der Waals surface area contributed by atoms with Gasteiger partial charge in [-0.1, -0.05) is 37.3 Å². The smallest absolute Gasteiger partial charge is 0.229 e. The highest BCUT2D eigenvalue weighted by molar-refractivity contribution is 5.92. The number of hydrogen-bond donors (Lipinski definition) is 2. The molecule has 4 nitrogen and oxygen atoms in total. The minimum absolute atomic E-state index is 0.0852. The molecule has 3 rings (SSSR count). The van der Waals surface area contributed by atoms with E-state index in [4.69, 9.17) is 10.5 Å². The Kier molecular flexibility index (Phi) is 5.16. The van der Waals surface area contributed by atoms with Gasteiger partial charge in [-0.25, -0.2) is 0 Å². The maximum absolute atomic E-state index is 12.4. The molecule has 0 saturated heterocycles. The van der Waals surface area contributed by atoms with Crippen LogP contribution < -0.4 is 15.8 Å². The topological polar surface area (TPSA) is 64.3 Å². The molecule has 1 aliphatic carbocycles. The Morgan fingerprint density at radius 3 is 2.46 bits per heavy atom. The largest absolute Gasteiger partial charge is 0.493 e. The molecule has 1 amide bonds. The molecule has 0 heterocycles. The Hall–Kier alpha value is -2.33. The maximum atomic E-state index is 12.4. The molecule has 0 spiro atoms. The van der Waals surface area contributed by atoms with Crippen LogP contribution in [0.5, 0.6) is 5.75 Å². The van der Waals surface area contributed by atoms with Crippen LogP contribution in [0, 0.1) is 11.8 Å². The number of carbonyl (C=O) groups excluding carboxylic acids is 1. The van der Waals surface area contributed by atoms with Gasteiger partial charge in [-0.2, -0.15) is 0 Å². The zero-order valence-electron chi connectivity index (χ0n) is 13.9. The Bertz CT molecular complexity index is 666. The van der Waals surface area contributed by atoms with Gasteiger partial charge in [0.2, 0.25) is 5.91 Å². The number of hydrogen-bond acceptors (Lipinski definition) is 3. The van der Waals surface area contributed by atoms with Crippen molar-refractivity contribution in [1.82, 2.24) is 0 Å². The van der Waals surface area contributed by atoms with Crippen LogP contribution in [0.3, 0.4) is 0 Å². The van der Waals surface area contributed by atoms with E-state index < -0.39 is 0 Å². The summed E-state index contributed by atoms with van der Waals surface area (Å²) < 4.78 is 5.70. The molecule has 1 aliphatic rings. The van der Waals surface area contributed by atoms with Gasteiger partial charge in [0.05, 0.1) is 12.5 Å². The minimum Gasteiger partial charge on any atom is -0.493 e. The third-order valence-corrected chi connectivity index (χ3v) is 4.44. The average molecular weight is 324 g/mol. The Balaban J connectivity index is 1.55. The fraction of sp³-hybridized carbons (Fsp3) is 0.350. The molecule has 1 saturated carbocycles. The lowest BCUT2D eigenvalue weighted by molar-refractivity contribution is -0.120. The molecule has 2 aromatic rings. The molecule has 126 valence electrons. The first-order valence-corrected chi connectivity index (χ1v) is 8.48. The van der Waals surface area contributed by atoms with E-state index in [-0.39, 0.29) is 17.9 Å². The SMILES string of the molecule is CC(C(=O)Nc1ccc(OCC2CC2)cc1)C(N)c1ccccc1. The predicted octanol–water partition coefficient (Wildman–Crippen LogP) is 3.75. The van der Waals surface area contributed by atoms with Gasteiger partial charge < -0.3 is 15.8 Å². The van der Waals surface area contributed by atoms with E-state index in [0.29, 0.717) is 0 Å². The second-order valence-corrected chi connectivity index (χ2v) is 6.49. The van der Waals surface area contributed by atoms with Crippen molar-refractivity contribution in [3.8, 4) is 5.75 Å². The summed E-state index contributed by atoms with van der Waals surface area (Å²) in [6.07, 6.45) is 2.54. The van der Waals surface area contributed by atoms with E-state index in [1.165, 1.54) is 12.8 Å². The molecule has 4 heteroatoms. The van der Waals surface area contributed by atoms with Crippen LogP contribution >= 0.6 is 0 Å². The molecule has 24 heavy (non-hydrogen) atoms. The predicted molar refractivity (Wildman–Crippen MR) is 95.8 cm³/mol. The number of anilines is 1. The average Bonchev–Trinajstić information content (AvgIpc) is 3.45. The summed E-state index contributed by atoms with van der Waals surface area (Å²) in [4.78, 5) is 12.4. The van der Waals surface area contributed by atoms with Crippen LogP contribution in [0.2, 0.25) is 0 Å². The van der Waals surface area contributed by atoms with Gasteiger partial charge in [-0.3, -0.25) is 4.79 Å². The first-order chi connectivity index (χ1) is 11.6. The van der Waals surface area contributed by atoms with Crippen molar-refractivity contribution >= 4 is 11.6 Å². The molecule has 2 unspecified atom stereocenters. The summed E-state index contributed by atoms with van der Waals surface area (Å²) in [6, 6.07) is 16.9. The molecule has 0 aromatic heterocycles. The first-order valence-electron chi connectivity index (χ1n) is 8.48. The zero-order valence-corrected chi connectivity index (χ0v) is 13.9. The van der Waals surface area contributed by atoms with Crippen molar-refractivity contribution in [2.24, 2.45) is 17.6 Å². The van der Waals surface area contributed by atoms with E-state index >= 15 is 0 Å². The van der Waals surface area contributed by atoms with Gasteiger partial charge in [-0.15, -0.1) is 0 Å². The van der Waals surface area contributed by atoms with Gasteiger partial charge in [0.25, 0.3) is 0 Å². The first kappa shape index (κ1) is 16.5. The van der Waals surface area contributed by atoms with Crippen LogP contribution in [-0.2, 0) is 4.79 Å². The van der Waals surface area contributed by atoms with Gasteiger partial charge in [-0.05, 0) is 48.6 Å². The Morgan fingerprint density at radius 2 is 1.83 bits per heavy atom. The summed E-state index contributed by atoms with van der Waals surface area (Å²) in [5, 5.41) is 2.92. The highest BCUT2D eigenvalue weighted by Crippen LogP contribution is 2.29. The maximum Gasteiger partial charge on any atom is 0.229 e. The summed E-state index contributed by atoms with van der Waals surface area (Å²) in [5.41, 5.74) is 7.93. The van der Waals surface area contributed by atoms with Gasteiger partial charge in [0.15, 0.2) is 0 Å². The van der Waals surface area contributed by atoms with Crippen LogP contribution in [-0.4, -0.2) is 12.5 Å². The van der Waals surface area contributed by atoms with E-state index in [0.717, 1.165) is 29.5 Å². The zero-order chi connectivity index (χ0) is 16.9. The standard InChI is InChI=1S/C20H24N2O2/c1-14(19(21)16-5-3-2-4-6-16)20(23)22-17-9-11-18(12-10-17)24-13-15-7-8-15/h2-6,9-12,14-15,19H,7-8,13,21H2,1H3,(H,22,23). The number of ether oxygens (including phenoxy) is 1. The molecule has 2 aromatic carbocycles. The van der Waals surface area contributed by atoms with Crippen molar-refractivity contribution in [3.05, 3.63) is 60.2 Å². The second kappa shape index (κ2) is 7.49. The van der Waals surface area contributed by atoms with E-state index in [1.807, 2.05) is 61.5 Å². The van der Waals surface area contributed by atoms with E-state index in [1.54, 1.807) is 0 Å². The fourth-order valence-corrected chi connectivity index (χ4v) is 2.52. The lowest BCUT2D eigenvalue weighted by Gasteiger charge is -2.20. The van der Waals surface area contributed by atoms with Gasteiger partial charge in [0, 0.05) is 11.7 Å². The highest BCUT2D eigenvalue weighted by atomic mass is 16.5. The van der Waals surface area contributed by atoms with E-state index in [2.05, 4.69) is 5.32 Å². The summed E-state index contributed by atoms with van der Waals surface area (Å²) in [5.74, 6) is 1.16. The Morgan fingerprint density at radius 1 is 1.17 bits per heavy atom. The third-order valence-electron chi connectivity index (χ3n) is 4.44. The molecule has 1 fully saturated rings. The quantitative estimate of drug-likeness (QED) is 0.815. The summed E-state index contributed by atoms with van der Waals surface area (Å²) in [7, 11) is 0. The van der Waals surface area contributed by atoms with E-state index in [9.17, 15) is 4.79 Å². The van der Waals surface area contributed by atoms with Crippen molar-refractivity contribution in [3.63, 3.8) is 0 Å². The molecular formula is C20H24N2O2. The molecule has 3 N–H and O–H groups in total. The van der Waals surface area contributed by atoms with Crippen molar-refractivity contribution in [2.45, 2.75) is 25.8 Å². The lowest BCUT2D eigenvalue weighted by Crippen LogP contribution is -2.30. The normalized spacial score (nSPS) is 16.2. The van der Waals surface area contributed by atoms with Crippen LogP contribution in [0.1, 0.15) is 31.4 Å². The second-order valence-electron chi connectivity index (χ2n) is 6.49. The monoisotopic (exact) mass is 324 g/mol. The molecule has 0 radical (unpaired) electrons. The summed E-state index contributed by atoms with van der Waals surface area (Å²) in [6.45, 7) is 2.63. The van der Waals surface area contributed by atoms with Crippen LogP contribution in [0.4, 0.5) is 5.69 Å². The van der Waals surface area contributed by atoms with Crippen LogP contribution in [0.25, 0.3) is 0 Å². The lowest BCUT2D eigenvalue weighted by atomic mass is 9.94. The van der Waals surface area contributed by atoms with Gasteiger partial charge >= 0.3 is 0 Å². The van der Waals surface area contributed by atoms with Gasteiger partial charge in [0.1, 0.15) is 5.75 Å². The highest BCUT2D eigenvalue weighted by Gasteiger charge is 2.23. The van der Waals surface area contributed by atoms with Crippen molar-refractivity contribution in [2.75, 3.05) is 11.9 Å². The summed E-state index contributed by atoms with van der Waals surface area (Å²) >= 11 is 0. The number of carbonyl (C=O) groups is 1. The molecule has 0 bridgehead atoms. The Labute approximate surface area is 143 Å². The van der Waals surface area contributed by atoms with Crippen molar-refractivity contribution < 1.29 is 9.53 Å². The molecule has 0 aliphatic heterocycles. The fourth-order valence-electron chi connectivity index (χ4n) is 2.52. The van der Waals surface area contributed by atoms with Crippen molar-refractivity contribution in [1.29, 1.82) is 0 Å². The number of amides is 1. The minimum atomic E-state index is -0.327. The number of rotatable bonds is 7. The number of benzene rings is 2. The molecular weight excluding hydrogens is 300 g/mol. The number of nitrogens with two attached hydrogens (primary N) is 1.